The number of esters is 1. The number of ether oxygens (including phenoxy) is 1. The van der Waals surface area contributed by atoms with E-state index in [0.717, 1.165) is 21.7 Å². The van der Waals surface area contributed by atoms with Crippen molar-refractivity contribution in [2.45, 2.75) is 39.7 Å². The summed E-state index contributed by atoms with van der Waals surface area (Å²) in [5, 5.41) is 4.78. The average molecular weight is 331 g/mol. The van der Waals surface area contributed by atoms with E-state index in [4.69, 9.17) is 4.74 Å². The van der Waals surface area contributed by atoms with Crippen LogP contribution in [0.4, 0.5) is 5.69 Å². The van der Waals surface area contributed by atoms with E-state index >= 15 is 0 Å². The summed E-state index contributed by atoms with van der Waals surface area (Å²) >= 11 is 1.61. The zero-order valence-electron chi connectivity index (χ0n) is 13.6. The van der Waals surface area contributed by atoms with Gasteiger partial charge in [0.2, 0.25) is 0 Å². The van der Waals surface area contributed by atoms with E-state index in [0.29, 0.717) is 6.42 Å². The molecule has 1 aromatic carbocycles. The molecule has 0 fully saturated rings. The molecule has 0 unspecified atom stereocenters. The Morgan fingerprint density at radius 3 is 2.74 bits per heavy atom. The van der Waals surface area contributed by atoms with Crippen molar-refractivity contribution < 1.29 is 14.3 Å². The Labute approximate surface area is 140 Å². The van der Waals surface area contributed by atoms with Gasteiger partial charge in [0.25, 0.3) is 5.91 Å². The summed E-state index contributed by atoms with van der Waals surface area (Å²) in [5.41, 5.74) is 2.78. The predicted octanol–water partition coefficient (Wildman–Crippen LogP) is 3.87. The van der Waals surface area contributed by atoms with Crippen LogP contribution in [0.2, 0.25) is 0 Å². The highest BCUT2D eigenvalue weighted by Gasteiger charge is 2.18. The lowest BCUT2D eigenvalue weighted by Crippen LogP contribution is -2.30. The summed E-state index contributed by atoms with van der Waals surface area (Å²) in [6.45, 7) is 5.47. The fourth-order valence-corrected chi connectivity index (χ4v) is 2.80. The summed E-state index contributed by atoms with van der Waals surface area (Å²) in [7, 11) is 0. The fourth-order valence-electron chi connectivity index (χ4n) is 2.09. The SMILES string of the molecule is Cc1ccc(C)c(NC(=O)[C@@H](C)OC(=O)CCc2cccs2)c1. The second kappa shape index (κ2) is 7.92. The van der Waals surface area contributed by atoms with Crippen molar-refractivity contribution in [1.82, 2.24) is 0 Å². The molecule has 1 atom stereocenters. The van der Waals surface area contributed by atoms with E-state index in [-0.39, 0.29) is 18.3 Å². The quantitative estimate of drug-likeness (QED) is 0.818. The third-order valence-electron chi connectivity index (χ3n) is 3.48. The van der Waals surface area contributed by atoms with Gasteiger partial charge in [-0.05, 0) is 55.8 Å². The highest BCUT2D eigenvalue weighted by molar-refractivity contribution is 7.09. The summed E-state index contributed by atoms with van der Waals surface area (Å²) in [5.74, 6) is -0.676. The number of nitrogens with one attached hydrogen (secondary N) is 1. The largest absolute Gasteiger partial charge is 0.453 e. The molecule has 2 aromatic rings. The Kier molecular flexibility index (Phi) is 5.93. The number of carbonyl (C=O) groups excluding carboxylic acids is 2. The van der Waals surface area contributed by atoms with Crippen LogP contribution in [0.15, 0.2) is 35.7 Å². The van der Waals surface area contributed by atoms with Crippen LogP contribution < -0.4 is 5.32 Å². The topological polar surface area (TPSA) is 55.4 Å². The first-order valence-corrected chi connectivity index (χ1v) is 8.43. The normalized spacial score (nSPS) is 11.8. The first kappa shape index (κ1) is 17.2. The molecule has 5 heteroatoms. The van der Waals surface area contributed by atoms with Crippen molar-refractivity contribution in [3.63, 3.8) is 0 Å². The molecule has 1 heterocycles. The standard InChI is InChI=1S/C18H21NO3S/c1-12-6-7-13(2)16(11-12)19-18(21)14(3)22-17(20)9-8-15-5-4-10-23-15/h4-7,10-11,14H,8-9H2,1-3H3,(H,19,21)/t14-/m1/s1. The fraction of sp³-hybridized carbons (Fsp3) is 0.333. The Morgan fingerprint density at radius 2 is 2.04 bits per heavy atom. The van der Waals surface area contributed by atoms with Crippen LogP contribution in [0.3, 0.4) is 0 Å². The number of thiophene rings is 1. The monoisotopic (exact) mass is 331 g/mol. The third kappa shape index (κ3) is 5.21. The third-order valence-corrected chi connectivity index (χ3v) is 4.42. The van der Waals surface area contributed by atoms with Crippen LogP contribution in [-0.4, -0.2) is 18.0 Å². The summed E-state index contributed by atoms with van der Waals surface area (Å²) in [6.07, 6.45) is 0.106. The highest BCUT2D eigenvalue weighted by Crippen LogP contribution is 2.17. The van der Waals surface area contributed by atoms with Gasteiger partial charge in [-0.15, -0.1) is 11.3 Å². The molecule has 0 radical (unpaired) electrons. The van der Waals surface area contributed by atoms with E-state index in [1.807, 2.05) is 49.6 Å². The van der Waals surface area contributed by atoms with Crippen molar-refractivity contribution in [2.75, 3.05) is 5.32 Å². The number of rotatable bonds is 6. The molecule has 1 N–H and O–H groups in total. The lowest BCUT2D eigenvalue weighted by molar-refractivity contribution is -0.153. The van der Waals surface area contributed by atoms with E-state index in [9.17, 15) is 9.59 Å². The van der Waals surface area contributed by atoms with Gasteiger partial charge in [-0.2, -0.15) is 0 Å². The number of carbonyl (C=O) groups is 2. The van der Waals surface area contributed by atoms with Crippen LogP contribution in [-0.2, 0) is 20.7 Å². The Hall–Kier alpha value is -2.14. The summed E-state index contributed by atoms with van der Waals surface area (Å²) in [6, 6.07) is 9.76. The zero-order chi connectivity index (χ0) is 16.8. The van der Waals surface area contributed by atoms with Crippen molar-refractivity contribution in [3.8, 4) is 0 Å². The number of aryl methyl sites for hydroxylation is 3. The van der Waals surface area contributed by atoms with E-state index < -0.39 is 6.10 Å². The maximum atomic E-state index is 12.2. The highest BCUT2D eigenvalue weighted by atomic mass is 32.1. The van der Waals surface area contributed by atoms with Crippen LogP contribution in [0.1, 0.15) is 29.3 Å². The summed E-state index contributed by atoms with van der Waals surface area (Å²) < 4.78 is 5.21. The van der Waals surface area contributed by atoms with Gasteiger partial charge < -0.3 is 10.1 Å². The maximum absolute atomic E-state index is 12.2. The van der Waals surface area contributed by atoms with Gasteiger partial charge in [-0.3, -0.25) is 9.59 Å². The molecule has 4 nitrogen and oxygen atoms in total. The average Bonchev–Trinajstić information content (AvgIpc) is 3.02. The van der Waals surface area contributed by atoms with Crippen LogP contribution >= 0.6 is 11.3 Å². The van der Waals surface area contributed by atoms with Crippen molar-refractivity contribution in [1.29, 1.82) is 0 Å². The first-order valence-electron chi connectivity index (χ1n) is 7.55. The molecule has 0 aliphatic carbocycles. The molecule has 0 bridgehead atoms. The number of hydrogen-bond acceptors (Lipinski definition) is 4. The minimum absolute atomic E-state index is 0.279. The molecule has 0 aliphatic rings. The van der Waals surface area contributed by atoms with Crippen LogP contribution in [0.25, 0.3) is 0 Å². The molecule has 0 spiro atoms. The molecule has 23 heavy (non-hydrogen) atoms. The Balaban J connectivity index is 1.84. The minimum Gasteiger partial charge on any atom is -0.453 e. The number of amides is 1. The van der Waals surface area contributed by atoms with Gasteiger partial charge >= 0.3 is 5.97 Å². The number of benzene rings is 1. The molecular weight excluding hydrogens is 310 g/mol. The molecule has 1 amide bonds. The van der Waals surface area contributed by atoms with E-state index in [2.05, 4.69) is 5.32 Å². The smallest absolute Gasteiger partial charge is 0.306 e. The van der Waals surface area contributed by atoms with Gasteiger partial charge in [-0.1, -0.05) is 18.2 Å². The van der Waals surface area contributed by atoms with Crippen LogP contribution in [0.5, 0.6) is 0 Å². The van der Waals surface area contributed by atoms with Gasteiger partial charge in [0, 0.05) is 10.6 Å². The van der Waals surface area contributed by atoms with Gasteiger partial charge in [0.1, 0.15) is 0 Å². The lowest BCUT2D eigenvalue weighted by Gasteiger charge is -2.15. The molecular formula is C18H21NO3S. The van der Waals surface area contributed by atoms with Gasteiger partial charge in [-0.25, -0.2) is 0 Å². The zero-order valence-corrected chi connectivity index (χ0v) is 14.4. The maximum Gasteiger partial charge on any atom is 0.306 e. The predicted molar refractivity (Wildman–Crippen MR) is 92.7 cm³/mol. The van der Waals surface area contributed by atoms with Gasteiger partial charge in [0.15, 0.2) is 6.10 Å². The molecule has 0 aliphatic heterocycles. The second-order valence-electron chi connectivity index (χ2n) is 5.52. The Bertz CT molecular complexity index is 680. The molecule has 1 aromatic heterocycles. The van der Waals surface area contributed by atoms with Crippen molar-refractivity contribution in [2.24, 2.45) is 0 Å². The number of hydrogen-bond donors (Lipinski definition) is 1. The Morgan fingerprint density at radius 1 is 1.26 bits per heavy atom. The lowest BCUT2D eigenvalue weighted by atomic mass is 10.1. The van der Waals surface area contributed by atoms with Gasteiger partial charge in [0.05, 0.1) is 6.42 Å². The van der Waals surface area contributed by atoms with Crippen LogP contribution in [0, 0.1) is 13.8 Å². The van der Waals surface area contributed by atoms with E-state index in [1.165, 1.54) is 0 Å². The number of anilines is 1. The van der Waals surface area contributed by atoms with E-state index in [1.54, 1.807) is 18.3 Å². The first-order chi connectivity index (χ1) is 11.0. The minimum atomic E-state index is -0.814. The molecule has 0 saturated heterocycles. The molecule has 2 rings (SSSR count). The molecule has 122 valence electrons. The van der Waals surface area contributed by atoms with Crippen molar-refractivity contribution >= 4 is 28.9 Å². The molecule has 0 saturated carbocycles. The summed E-state index contributed by atoms with van der Waals surface area (Å²) in [4.78, 5) is 25.1. The van der Waals surface area contributed by atoms with Crippen molar-refractivity contribution in [3.05, 3.63) is 51.7 Å². The second-order valence-corrected chi connectivity index (χ2v) is 6.55.